The molecule has 0 aliphatic heterocycles. The number of carbonyl (C=O) groups excluding carboxylic acids is 5. The van der Waals surface area contributed by atoms with Crippen molar-refractivity contribution in [1.29, 1.82) is 0 Å². The van der Waals surface area contributed by atoms with Crippen molar-refractivity contribution < 1.29 is 34.2 Å². The Bertz CT molecular complexity index is 1260. The van der Waals surface area contributed by atoms with Gasteiger partial charge in [0.05, 0.1) is 17.5 Å². The number of Topliss-reactive ketones (excluding diaryl/α,β-unsaturated/α-hetero) is 4. The van der Waals surface area contributed by atoms with E-state index in [2.05, 4.69) is 10.2 Å². The van der Waals surface area contributed by atoms with Gasteiger partial charge in [0.15, 0.2) is 34.7 Å². The van der Waals surface area contributed by atoms with Crippen molar-refractivity contribution in [2.75, 3.05) is 34.7 Å². The molecule has 3 aliphatic rings. The van der Waals surface area contributed by atoms with E-state index in [4.69, 9.17) is 0 Å². The van der Waals surface area contributed by atoms with Gasteiger partial charge in [0.25, 0.3) is 0 Å². The third kappa shape index (κ3) is 4.90. The Balaban J connectivity index is 1.77. The number of phenols is 1. The Labute approximate surface area is 235 Å². The Kier molecular flexibility index (Phi) is 7.85. The van der Waals surface area contributed by atoms with E-state index in [9.17, 15) is 34.2 Å². The van der Waals surface area contributed by atoms with Gasteiger partial charge in [0.1, 0.15) is 5.75 Å². The SMILES string of the molecule is CN(C)CCCc1ccc(O)c2c1C[C@@H]1C[C@@H]3[C@@H](N(C)C)C(=O)C(C(=O)NC(C)(C)C)C(=O)[C@]3(O)C(=O)C1C2=O. The quantitative estimate of drug-likeness (QED) is 0.434. The molecule has 0 aromatic heterocycles. The molecule has 10 nitrogen and oxygen atoms in total. The molecule has 40 heavy (non-hydrogen) atoms. The van der Waals surface area contributed by atoms with Crippen LogP contribution in [0.25, 0.3) is 0 Å². The second kappa shape index (κ2) is 10.5. The van der Waals surface area contributed by atoms with E-state index >= 15 is 0 Å². The number of fused-ring (bicyclic) bond motifs is 3. The molecule has 3 aliphatic carbocycles. The standard InChI is InChI=1S/C30H41N3O7/c1-29(2,3)31-28(39)22-25(36)23(33(6)7)18-14-16-13-17-15(9-8-12-32(4)5)10-11-19(34)21(17)24(35)20(16)26(37)30(18,40)27(22)38/h10-11,16,18,20,22-23,34,40H,8-9,12-14H2,1-7H3,(H,31,39)/t16-,18-,20?,22?,23-,30-/m1/s1. The normalized spacial score (nSPS) is 30.3. The lowest BCUT2D eigenvalue weighted by atomic mass is 9.52. The molecule has 1 amide bonds. The number of hydrogen-bond donors (Lipinski definition) is 3. The number of amides is 1. The minimum atomic E-state index is -2.68. The molecule has 2 saturated carbocycles. The van der Waals surface area contributed by atoms with Crippen LogP contribution in [0.15, 0.2) is 12.1 Å². The zero-order valence-electron chi connectivity index (χ0n) is 24.4. The number of rotatable bonds is 6. The van der Waals surface area contributed by atoms with Crippen molar-refractivity contribution >= 4 is 29.0 Å². The number of hydrogen-bond acceptors (Lipinski definition) is 9. The smallest absolute Gasteiger partial charge is 0.238 e. The lowest BCUT2D eigenvalue weighted by Crippen LogP contribution is -2.74. The molecule has 0 radical (unpaired) electrons. The van der Waals surface area contributed by atoms with Gasteiger partial charge < -0.3 is 20.4 Å². The van der Waals surface area contributed by atoms with Crippen LogP contribution < -0.4 is 5.32 Å². The van der Waals surface area contributed by atoms with Crippen molar-refractivity contribution in [1.82, 2.24) is 15.1 Å². The summed E-state index contributed by atoms with van der Waals surface area (Å²) in [6.07, 6.45) is 1.87. The molecule has 2 unspecified atom stereocenters. The highest BCUT2D eigenvalue weighted by Gasteiger charge is 2.69. The largest absolute Gasteiger partial charge is 0.507 e. The first kappa shape index (κ1) is 30.0. The van der Waals surface area contributed by atoms with Gasteiger partial charge in [0.2, 0.25) is 5.91 Å². The molecule has 0 bridgehead atoms. The average molecular weight is 556 g/mol. The van der Waals surface area contributed by atoms with Crippen molar-refractivity contribution in [3.63, 3.8) is 0 Å². The van der Waals surface area contributed by atoms with Crippen LogP contribution in [-0.4, -0.2) is 101 Å². The number of aromatic hydroxyl groups is 1. The summed E-state index contributed by atoms with van der Waals surface area (Å²) in [5.74, 6) is -9.48. The number of nitrogens with one attached hydrogen (secondary N) is 1. The van der Waals surface area contributed by atoms with Crippen LogP contribution in [0.3, 0.4) is 0 Å². The third-order valence-electron chi connectivity index (χ3n) is 8.57. The predicted octanol–water partition coefficient (Wildman–Crippen LogP) is 0.791. The molecule has 10 heteroatoms. The Morgan fingerprint density at radius 2 is 1.73 bits per heavy atom. The fourth-order valence-corrected chi connectivity index (χ4v) is 6.91. The van der Waals surface area contributed by atoms with Crippen LogP contribution in [0, 0.1) is 23.7 Å². The zero-order valence-corrected chi connectivity index (χ0v) is 24.4. The van der Waals surface area contributed by atoms with Crippen LogP contribution in [0.5, 0.6) is 5.75 Å². The summed E-state index contributed by atoms with van der Waals surface area (Å²) in [5.41, 5.74) is -1.80. The van der Waals surface area contributed by atoms with E-state index < -0.39 is 69.9 Å². The zero-order chi connectivity index (χ0) is 29.9. The first-order valence-corrected chi connectivity index (χ1v) is 13.9. The van der Waals surface area contributed by atoms with Crippen LogP contribution in [0.2, 0.25) is 0 Å². The molecule has 0 heterocycles. The first-order valence-electron chi connectivity index (χ1n) is 13.9. The minimum absolute atomic E-state index is 0.0597. The van der Waals surface area contributed by atoms with Crippen molar-refractivity contribution in [2.24, 2.45) is 23.7 Å². The maximum Gasteiger partial charge on any atom is 0.238 e. The molecule has 4 rings (SSSR count). The molecule has 3 N–H and O–H groups in total. The Hall–Kier alpha value is -2.95. The summed E-state index contributed by atoms with van der Waals surface area (Å²) >= 11 is 0. The van der Waals surface area contributed by atoms with Crippen LogP contribution in [0.1, 0.15) is 55.1 Å². The number of phenolic OH excluding ortho intramolecular Hbond substituents is 1. The van der Waals surface area contributed by atoms with Gasteiger partial charge >= 0.3 is 0 Å². The Morgan fingerprint density at radius 1 is 1.07 bits per heavy atom. The summed E-state index contributed by atoms with van der Waals surface area (Å²) in [7, 11) is 7.16. The lowest BCUT2D eigenvalue weighted by molar-refractivity contribution is -0.181. The molecule has 0 spiro atoms. The molecule has 1 aromatic carbocycles. The van der Waals surface area contributed by atoms with E-state index in [0.29, 0.717) is 18.4 Å². The van der Waals surface area contributed by atoms with E-state index in [1.807, 2.05) is 14.1 Å². The second-order valence-corrected chi connectivity index (χ2v) is 13.1. The molecule has 2 fully saturated rings. The maximum absolute atomic E-state index is 14.1. The number of carbonyl (C=O) groups is 5. The summed E-state index contributed by atoms with van der Waals surface area (Å²) in [4.78, 5) is 72.1. The van der Waals surface area contributed by atoms with Crippen LogP contribution in [-0.2, 0) is 32.0 Å². The number of benzene rings is 1. The average Bonchev–Trinajstić information content (AvgIpc) is 2.81. The predicted molar refractivity (Wildman–Crippen MR) is 147 cm³/mol. The van der Waals surface area contributed by atoms with Crippen LogP contribution in [0.4, 0.5) is 0 Å². The highest BCUT2D eigenvalue weighted by Crippen LogP contribution is 2.51. The molecule has 1 aromatic rings. The van der Waals surface area contributed by atoms with Crippen molar-refractivity contribution in [3.8, 4) is 5.75 Å². The van der Waals surface area contributed by atoms with Gasteiger partial charge in [-0.2, -0.15) is 0 Å². The van der Waals surface area contributed by atoms with Gasteiger partial charge in [0, 0.05) is 11.5 Å². The molecule has 0 saturated heterocycles. The molecule has 218 valence electrons. The van der Waals surface area contributed by atoms with E-state index in [0.717, 1.165) is 18.5 Å². The van der Waals surface area contributed by atoms with Gasteiger partial charge in [-0.1, -0.05) is 6.07 Å². The van der Waals surface area contributed by atoms with Gasteiger partial charge in [-0.05, 0) is 104 Å². The van der Waals surface area contributed by atoms with Gasteiger partial charge in [-0.15, -0.1) is 0 Å². The number of nitrogens with zero attached hydrogens (tertiary/aromatic N) is 2. The molecule has 6 atom stereocenters. The number of aliphatic hydroxyl groups is 1. The fraction of sp³-hybridized carbons (Fsp3) is 0.633. The van der Waals surface area contributed by atoms with Crippen molar-refractivity contribution in [2.45, 2.75) is 63.6 Å². The summed E-state index contributed by atoms with van der Waals surface area (Å²) in [6, 6.07) is 2.17. The third-order valence-corrected chi connectivity index (χ3v) is 8.57. The summed E-state index contributed by atoms with van der Waals surface area (Å²) in [5, 5.41) is 25.2. The second-order valence-electron chi connectivity index (χ2n) is 13.1. The number of likely N-dealkylation sites (N-methyl/N-ethyl adjacent to an activating group) is 1. The first-order chi connectivity index (χ1) is 18.5. The topological polar surface area (TPSA) is 144 Å². The monoisotopic (exact) mass is 555 g/mol. The van der Waals surface area contributed by atoms with Crippen molar-refractivity contribution in [3.05, 3.63) is 28.8 Å². The van der Waals surface area contributed by atoms with E-state index in [1.54, 1.807) is 40.9 Å². The molecular formula is C30H41N3O7. The highest BCUT2D eigenvalue weighted by molar-refractivity contribution is 6.32. The lowest BCUT2D eigenvalue weighted by Gasteiger charge is -2.52. The number of aryl methyl sites for hydroxylation is 1. The van der Waals surface area contributed by atoms with Gasteiger partial charge in [-0.3, -0.25) is 28.9 Å². The molecular weight excluding hydrogens is 514 g/mol. The highest BCUT2D eigenvalue weighted by atomic mass is 16.3. The van der Waals surface area contributed by atoms with E-state index in [-0.39, 0.29) is 17.7 Å². The maximum atomic E-state index is 14.1. The number of ketones is 4. The van der Waals surface area contributed by atoms with E-state index in [1.165, 1.54) is 11.0 Å². The summed E-state index contributed by atoms with van der Waals surface area (Å²) in [6.45, 7) is 5.92. The van der Waals surface area contributed by atoms with Gasteiger partial charge in [-0.25, -0.2) is 0 Å². The fourth-order valence-electron chi connectivity index (χ4n) is 6.91. The minimum Gasteiger partial charge on any atom is -0.507 e. The Morgan fingerprint density at radius 3 is 2.30 bits per heavy atom. The summed E-state index contributed by atoms with van der Waals surface area (Å²) < 4.78 is 0. The van der Waals surface area contributed by atoms with Crippen LogP contribution >= 0.6 is 0 Å².